The van der Waals surface area contributed by atoms with E-state index >= 15 is 0 Å². The van der Waals surface area contributed by atoms with Gasteiger partial charge in [0.1, 0.15) is 24.4 Å². The normalized spacial score (nSPS) is 52.2. The third kappa shape index (κ3) is 2.12. The fourth-order valence-corrected chi connectivity index (χ4v) is 1.81. The molecule has 0 unspecified atom stereocenters. The Labute approximate surface area is 87.9 Å². The third-order valence-electron chi connectivity index (χ3n) is 1.92. The molecule has 78 valence electrons. The van der Waals surface area contributed by atoms with Gasteiger partial charge >= 0.3 is 0 Å². The summed E-state index contributed by atoms with van der Waals surface area (Å²) in [5.41, 5.74) is 0. The lowest BCUT2D eigenvalue weighted by atomic mass is 9.99. The number of aliphatic hydroxyl groups excluding tert-OH is 4. The van der Waals surface area contributed by atoms with Crippen LogP contribution in [0.3, 0.4) is 0 Å². The molecule has 5 N–H and O–H groups in total. The highest BCUT2D eigenvalue weighted by Gasteiger charge is 2.51. The molecule has 0 bridgehead atoms. The van der Waals surface area contributed by atoms with E-state index in [0.717, 1.165) is 0 Å². The summed E-state index contributed by atoms with van der Waals surface area (Å²) in [6.07, 6.45) is -5.64. The smallest absolute Gasteiger partial charge is 0.248 e. The standard InChI is InChI=1S/C6H11IO6/c7-6(12)5(11)4(10)3(9)2(1-8)13-6/h2-5,8-12H,1H2/t2-,3+,4+,5-,6+/m1/s1. The van der Waals surface area contributed by atoms with Gasteiger partial charge in [-0.3, -0.25) is 0 Å². The van der Waals surface area contributed by atoms with Gasteiger partial charge in [0, 0.05) is 0 Å². The van der Waals surface area contributed by atoms with Crippen LogP contribution in [0.25, 0.3) is 0 Å². The van der Waals surface area contributed by atoms with E-state index in [0.29, 0.717) is 0 Å². The Morgan fingerprint density at radius 3 is 2.23 bits per heavy atom. The molecule has 0 saturated carbocycles. The number of rotatable bonds is 1. The summed E-state index contributed by atoms with van der Waals surface area (Å²) in [6, 6.07) is 0. The molecule has 0 radical (unpaired) electrons. The van der Waals surface area contributed by atoms with Crippen molar-refractivity contribution in [3.05, 3.63) is 0 Å². The summed E-state index contributed by atoms with van der Waals surface area (Å²) in [5.74, 6) is 0. The summed E-state index contributed by atoms with van der Waals surface area (Å²) < 4.78 is 2.77. The molecular weight excluding hydrogens is 295 g/mol. The zero-order valence-electron chi connectivity index (χ0n) is 6.54. The number of ether oxygens (including phenoxy) is 1. The molecule has 1 aliphatic rings. The molecule has 1 rings (SSSR count). The Bertz CT molecular complexity index is 184. The molecule has 0 aliphatic carbocycles. The van der Waals surface area contributed by atoms with Crippen LogP contribution in [0.2, 0.25) is 0 Å². The van der Waals surface area contributed by atoms with E-state index in [-0.39, 0.29) is 0 Å². The zero-order chi connectivity index (χ0) is 10.2. The molecular formula is C6H11IO6. The Kier molecular flexibility index (Phi) is 3.49. The van der Waals surface area contributed by atoms with Gasteiger partial charge in [-0.1, -0.05) is 0 Å². The second kappa shape index (κ2) is 3.93. The lowest BCUT2D eigenvalue weighted by Crippen LogP contribution is -2.62. The predicted octanol–water partition coefficient (Wildman–Crippen LogP) is -2.46. The Morgan fingerprint density at radius 1 is 1.23 bits per heavy atom. The van der Waals surface area contributed by atoms with Gasteiger partial charge in [0.15, 0.2) is 0 Å². The van der Waals surface area contributed by atoms with E-state index in [1.165, 1.54) is 22.6 Å². The minimum absolute atomic E-state index is 0.545. The van der Waals surface area contributed by atoms with E-state index in [9.17, 15) is 20.4 Å². The largest absolute Gasteiger partial charge is 0.394 e. The van der Waals surface area contributed by atoms with Crippen molar-refractivity contribution in [1.82, 2.24) is 0 Å². The lowest BCUT2D eigenvalue weighted by Gasteiger charge is -2.42. The molecule has 0 aromatic carbocycles. The fourth-order valence-electron chi connectivity index (χ4n) is 1.11. The molecule has 13 heavy (non-hydrogen) atoms. The number of hydrogen-bond acceptors (Lipinski definition) is 6. The van der Waals surface area contributed by atoms with Crippen molar-refractivity contribution < 1.29 is 30.3 Å². The van der Waals surface area contributed by atoms with E-state index in [4.69, 9.17) is 9.84 Å². The van der Waals surface area contributed by atoms with Crippen LogP contribution < -0.4 is 0 Å². The maximum Gasteiger partial charge on any atom is 0.248 e. The van der Waals surface area contributed by atoms with Crippen LogP contribution in [0.4, 0.5) is 0 Å². The summed E-state index contributed by atoms with van der Waals surface area (Å²) in [7, 11) is 0. The second-order valence-electron chi connectivity index (χ2n) is 2.87. The van der Waals surface area contributed by atoms with Gasteiger partial charge in [-0.05, 0) is 22.6 Å². The molecule has 7 heteroatoms. The van der Waals surface area contributed by atoms with Crippen molar-refractivity contribution in [1.29, 1.82) is 0 Å². The number of hydrogen-bond donors (Lipinski definition) is 5. The van der Waals surface area contributed by atoms with Gasteiger partial charge in [0.2, 0.25) is 3.79 Å². The Balaban J connectivity index is 2.79. The first-order chi connectivity index (χ1) is 5.90. The van der Waals surface area contributed by atoms with E-state index in [2.05, 4.69) is 0 Å². The van der Waals surface area contributed by atoms with Crippen LogP contribution in [0.15, 0.2) is 0 Å². The molecule has 0 amide bonds. The van der Waals surface area contributed by atoms with Gasteiger partial charge in [-0.15, -0.1) is 0 Å². The van der Waals surface area contributed by atoms with Gasteiger partial charge in [0.25, 0.3) is 0 Å². The van der Waals surface area contributed by atoms with E-state index < -0.39 is 34.8 Å². The number of halogens is 1. The Hall–Kier alpha value is 0.490. The third-order valence-corrected chi connectivity index (χ3v) is 2.81. The van der Waals surface area contributed by atoms with Crippen molar-refractivity contribution in [2.75, 3.05) is 6.61 Å². The van der Waals surface area contributed by atoms with Crippen LogP contribution in [0, 0.1) is 0 Å². The molecule has 0 aromatic heterocycles. The Morgan fingerprint density at radius 2 is 1.77 bits per heavy atom. The number of aliphatic hydroxyl groups is 5. The highest BCUT2D eigenvalue weighted by molar-refractivity contribution is 14.1. The molecule has 1 heterocycles. The van der Waals surface area contributed by atoms with E-state index in [1.54, 1.807) is 0 Å². The van der Waals surface area contributed by atoms with Crippen LogP contribution in [-0.2, 0) is 4.74 Å². The lowest BCUT2D eigenvalue weighted by molar-refractivity contribution is -0.296. The van der Waals surface area contributed by atoms with Crippen molar-refractivity contribution in [3.63, 3.8) is 0 Å². The quantitative estimate of drug-likeness (QED) is 0.271. The molecule has 0 aromatic rings. The molecule has 1 aliphatic heterocycles. The van der Waals surface area contributed by atoms with Crippen molar-refractivity contribution >= 4 is 22.6 Å². The van der Waals surface area contributed by atoms with Crippen molar-refractivity contribution in [2.24, 2.45) is 0 Å². The van der Waals surface area contributed by atoms with Crippen molar-refractivity contribution in [3.8, 4) is 0 Å². The fraction of sp³-hybridized carbons (Fsp3) is 1.00. The number of alkyl halides is 1. The molecule has 0 spiro atoms. The average Bonchev–Trinajstić information content (AvgIpc) is 2.08. The van der Waals surface area contributed by atoms with Crippen LogP contribution >= 0.6 is 22.6 Å². The van der Waals surface area contributed by atoms with Gasteiger partial charge in [-0.25, -0.2) is 0 Å². The highest BCUT2D eigenvalue weighted by atomic mass is 127. The van der Waals surface area contributed by atoms with Gasteiger partial charge in [-0.2, -0.15) is 0 Å². The molecule has 5 atom stereocenters. The summed E-state index contributed by atoms with van der Waals surface area (Å²) in [4.78, 5) is 0. The first-order valence-electron chi connectivity index (χ1n) is 3.64. The van der Waals surface area contributed by atoms with Crippen LogP contribution in [0.5, 0.6) is 0 Å². The maximum atomic E-state index is 9.36. The molecule has 1 fully saturated rings. The first-order valence-corrected chi connectivity index (χ1v) is 4.72. The van der Waals surface area contributed by atoms with Crippen LogP contribution in [0.1, 0.15) is 0 Å². The minimum Gasteiger partial charge on any atom is -0.394 e. The summed E-state index contributed by atoms with van der Waals surface area (Å²) in [5, 5.41) is 45.7. The van der Waals surface area contributed by atoms with Gasteiger partial charge in [0.05, 0.1) is 6.61 Å². The first kappa shape index (κ1) is 11.6. The SMILES string of the molecule is OC[C@H]1O[C@](O)(I)[C@H](O)[C@@H](O)[C@H]1O. The summed E-state index contributed by atoms with van der Waals surface area (Å²) in [6.45, 7) is -0.545. The van der Waals surface area contributed by atoms with E-state index in [1.807, 2.05) is 0 Å². The molecule has 1 saturated heterocycles. The molecule has 6 nitrogen and oxygen atoms in total. The van der Waals surface area contributed by atoms with Crippen molar-refractivity contribution in [2.45, 2.75) is 28.2 Å². The topological polar surface area (TPSA) is 110 Å². The maximum absolute atomic E-state index is 9.36. The highest BCUT2D eigenvalue weighted by Crippen LogP contribution is 2.32. The monoisotopic (exact) mass is 306 g/mol. The average molecular weight is 306 g/mol. The van der Waals surface area contributed by atoms with Gasteiger partial charge < -0.3 is 30.3 Å². The predicted molar refractivity (Wildman–Crippen MR) is 48.9 cm³/mol. The second-order valence-corrected chi connectivity index (χ2v) is 4.42. The zero-order valence-corrected chi connectivity index (χ0v) is 8.70. The minimum atomic E-state index is -1.98. The van der Waals surface area contributed by atoms with Crippen LogP contribution in [-0.4, -0.2) is 60.3 Å². The summed E-state index contributed by atoms with van der Waals surface area (Å²) >= 11 is 1.38.